The van der Waals surface area contributed by atoms with Crippen molar-refractivity contribution in [1.82, 2.24) is 0 Å². The third kappa shape index (κ3) is 2.70. The van der Waals surface area contributed by atoms with Crippen LogP contribution >= 0.6 is 0 Å². The molecule has 0 aliphatic carbocycles. The van der Waals surface area contributed by atoms with Crippen LogP contribution in [-0.2, 0) is 9.47 Å². The van der Waals surface area contributed by atoms with Crippen molar-refractivity contribution >= 4 is 0 Å². The first-order valence-corrected chi connectivity index (χ1v) is 5.97. The summed E-state index contributed by atoms with van der Waals surface area (Å²) in [6, 6.07) is 5.16. The highest BCUT2D eigenvalue weighted by Gasteiger charge is 2.26. The van der Waals surface area contributed by atoms with Gasteiger partial charge in [-0.05, 0) is 25.5 Å². The lowest BCUT2D eigenvalue weighted by Crippen LogP contribution is -2.07. The van der Waals surface area contributed by atoms with Crippen molar-refractivity contribution in [2.45, 2.75) is 32.7 Å². The Balaban J connectivity index is 2.13. The molecule has 94 valence electrons. The average Bonchev–Trinajstić information content (AvgIpc) is 2.81. The lowest BCUT2D eigenvalue weighted by atomic mass is 10.2. The molecule has 0 aromatic heterocycles. The van der Waals surface area contributed by atoms with Gasteiger partial charge < -0.3 is 19.3 Å². The summed E-state index contributed by atoms with van der Waals surface area (Å²) in [4.78, 5) is 0. The highest BCUT2D eigenvalue weighted by molar-refractivity contribution is 5.42. The number of phenolic OH excluding ortho intramolecular Hbond substituents is 1. The van der Waals surface area contributed by atoms with Crippen LogP contribution in [0.2, 0.25) is 0 Å². The molecule has 0 radical (unpaired) electrons. The number of phenols is 1. The van der Waals surface area contributed by atoms with E-state index in [4.69, 9.17) is 14.2 Å². The van der Waals surface area contributed by atoms with Crippen molar-refractivity contribution in [3.05, 3.63) is 23.8 Å². The summed E-state index contributed by atoms with van der Waals surface area (Å²) >= 11 is 0. The Morgan fingerprint density at radius 3 is 2.88 bits per heavy atom. The lowest BCUT2D eigenvalue weighted by Gasteiger charge is -2.13. The summed E-state index contributed by atoms with van der Waals surface area (Å²) in [5.74, 6) is 0.609. The van der Waals surface area contributed by atoms with Crippen molar-refractivity contribution in [3.63, 3.8) is 0 Å². The number of hydrogen-bond donors (Lipinski definition) is 1. The molecule has 1 aliphatic heterocycles. The molecule has 2 rings (SSSR count). The molecule has 1 N–H and O–H groups in total. The third-order valence-electron chi connectivity index (χ3n) is 2.76. The third-order valence-corrected chi connectivity index (χ3v) is 2.76. The van der Waals surface area contributed by atoms with E-state index in [1.807, 2.05) is 6.92 Å². The molecule has 4 nitrogen and oxygen atoms in total. The van der Waals surface area contributed by atoms with Gasteiger partial charge in [0.2, 0.25) is 0 Å². The highest BCUT2D eigenvalue weighted by atomic mass is 16.7. The van der Waals surface area contributed by atoms with E-state index in [1.165, 1.54) is 0 Å². The van der Waals surface area contributed by atoms with Crippen LogP contribution in [0.5, 0.6) is 11.5 Å². The second-order valence-corrected chi connectivity index (χ2v) is 3.99. The van der Waals surface area contributed by atoms with Crippen molar-refractivity contribution in [3.8, 4) is 11.5 Å². The molecule has 0 bridgehead atoms. The van der Waals surface area contributed by atoms with Crippen LogP contribution in [0.1, 0.15) is 32.1 Å². The molecule has 1 aromatic rings. The van der Waals surface area contributed by atoms with Gasteiger partial charge in [-0.25, -0.2) is 0 Å². The van der Waals surface area contributed by atoms with E-state index in [9.17, 15) is 5.11 Å². The molecular formula is C13H18O4. The molecule has 0 spiro atoms. The van der Waals surface area contributed by atoms with E-state index in [2.05, 4.69) is 6.92 Å². The van der Waals surface area contributed by atoms with Crippen LogP contribution in [0.3, 0.4) is 0 Å². The zero-order chi connectivity index (χ0) is 12.3. The summed E-state index contributed by atoms with van der Waals surface area (Å²) in [5, 5.41) is 9.60. The van der Waals surface area contributed by atoms with Gasteiger partial charge in [0.05, 0.1) is 19.3 Å². The van der Waals surface area contributed by atoms with Crippen LogP contribution in [0.25, 0.3) is 0 Å². The molecule has 0 saturated carbocycles. The molecule has 2 atom stereocenters. The standard InChI is InChI=1S/C13H18O4/c1-3-10-8-16-13(17-10)9-5-6-11(14)12(7-9)15-4-2/h5-7,10,13-14H,3-4,8H2,1-2H3/t10-,13+/m1/s1. The molecule has 17 heavy (non-hydrogen) atoms. The van der Waals surface area contributed by atoms with Gasteiger partial charge in [0.1, 0.15) is 0 Å². The van der Waals surface area contributed by atoms with Gasteiger partial charge in [-0.2, -0.15) is 0 Å². The SMILES string of the molecule is CCOc1cc([C@H]2OC[C@@H](CC)O2)ccc1O. The van der Waals surface area contributed by atoms with Gasteiger partial charge in [-0.3, -0.25) is 0 Å². The van der Waals surface area contributed by atoms with E-state index < -0.39 is 0 Å². The predicted molar refractivity (Wildman–Crippen MR) is 63.1 cm³/mol. The zero-order valence-electron chi connectivity index (χ0n) is 10.2. The van der Waals surface area contributed by atoms with Gasteiger partial charge in [-0.1, -0.05) is 13.0 Å². The smallest absolute Gasteiger partial charge is 0.184 e. The van der Waals surface area contributed by atoms with Crippen molar-refractivity contribution in [1.29, 1.82) is 0 Å². The maximum Gasteiger partial charge on any atom is 0.184 e. The number of benzene rings is 1. The van der Waals surface area contributed by atoms with Gasteiger partial charge in [0.25, 0.3) is 0 Å². The maximum atomic E-state index is 9.60. The Morgan fingerprint density at radius 1 is 1.41 bits per heavy atom. The molecule has 1 fully saturated rings. The van der Waals surface area contributed by atoms with Crippen LogP contribution in [-0.4, -0.2) is 24.4 Å². The van der Waals surface area contributed by atoms with Gasteiger partial charge in [0, 0.05) is 5.56 Å². The van der Waals surface area contributed by atoms with Crippen molar-refractivity contribution in [2.75, 3.05) is 13.2 Å². The normalized spacial score (nSPS) is 23.9. The summed E-state index contributed by atoms with van der Waals surface area (Å²) in [6.45, 7) is 5.08. The summed E-state index contributed by atoms with van der Waals surface area (Å²) in [7, 11) is 0. The molecule has 1 heterocycles. The number of aromatic hydroxyl groups is 1. The first kappa shape index (κ1) is 12.2. The maximum absolute atomic E-state index is 9.60. The Kier molecular flexibility index (Phi) is 3.86. The van der Waals surface area contributed by atoms with E-state index in [1.54, 1.807) is 18.2 Å². The van der Waals surface area contributed by atoms with Crippen LogP contribution < -0.4 is 4.74 Å². The van der Waals surface area contributed by atoms with E-state index in [0.29, 0.717) is 19.0 Å². The molecule has 0 amide bonds. The van der Waals surface area contributed by atoms with E-state index >= 15 is 0 Å². The van der Waals surface area contributed by atoms with Gasteiger partial charge in [-0.15, -0.1) is 0 Å². The van der Waals surface area contributed by atoms with Crippen molar-refractivity contribution in [2.24, 2.45) is 0 Å². The van der Waals surface area contributed by atoms with Gasteiger partial charge >= 0.3 is 0 Å². The second-order valence-electron chi connectivity index (χ2n) is 3.99. The topological polar surface area (TPSA) is 47.9 Å². The molecule has 0 unspecified atom stereocenters. The summed E-state index contributed by atoms with van der Waals surface area (Å²) in [5.41, 5.74) is 0.877. The Hall–Kier alpha value is -1.26. The molecule has 1 aromatic carbocycles. The Bertz CT molecular complexity index is 378. The quantitative estimate of drug-likeness (QED) is 0.876. The van der Waals surface area contributed by atoms with Crippen LogP contribution in [0.4, 0.5) is 0 Å². The Labute approximate surface area is 101 Å². The monoisotopic (exact) mass is 238 g/mol. The molecule has 1 saturated heterocycles. The minimum Gasteiger partial charge on any atom is -0.504 e. The average molecular weight is 238 g/mol. The fraction of sp³-hybridized carbons (Fsp3) is 0.538. The summed E-state index contributed by atoms with van der Waals surface area (Å²) < 4.78 is 16.6. The first-order valence-electron chi connectivity index (χ1n) is 5.97. The van der Waals surface area contributed by atoms with Gasteiger partial charge in [0.15, 0.2) is 17.8 Å². The first-order chi connectivity index (χ1) is 8.24. The Morgan fingerprint density at radius 2 is 2.24 bits per heavy atom. The largest absolute Gasteiger partial charge is 0.504 e. The highest BCUT2D eigenvalue weighted by Crippen LogP contribution is 2.34. The van der Waals surface area contributed by atoms with Crippen LogP contribution in [0.15, 0.2) is 18.2 Å². The van der Waals surface area contributed by atoms with E-state index in [-0.39, 0.29) is 18.1 Å². The minimum atomic E-state index is -0.347. The van der Waals surface area contributed by atoms with Crippen LogP contribution in [0, 0.1) is 0 Å². The van der Waals surface area contributed by atoms with Crippen molar-refractivity contribution < 1.29 is 19.3 Å². The predicted octanol–water partition coefficient (Wildman–Crippen LogP) is 2.61. The number of hydrogen-bond acceptors (Lipinski definition) is 4. The second kappa shape index (κ2) is 5.38. The molecule has 4 heteroatoms. The van der Waals surface area contributed by atoms with E-state index in [0.717, 1.165) is 12.0 Å². The fourth-order valence-corrected chi connectivity index (χ4v) is 1.79. The zero-order valence-corrected chi connectivity index (χ0v) is 10.2. The number of ether oxygens (including phenoxy) is 3. The molecule has 1 aliphatic rings. The molecular weight excluding hydrogens is 220 g/mol. The fourth-order valence-electron chi connectivity index (χ4n) is 1.79. The minimum absolute atomic E-state index is 0.139. The number of rotatable bonds is 4. The lowest BCUT2D eigenvalue weighted by molar-refractivity contribution is -0.0605. The summed E-state index contributed by atoms with van der Waals surface area (Å²) in [6.07, 6.45) is 0.747.